The van der Waals surface area contributed by atoms with E-state index in [1.54, 1.807) is 0 Å². The van der Waals surface area contributed by atoms with Crippen molar-refractivity contribution in [3.05, 3.63) is 111 Å². The van der Waals surface area contributed by atoms with Gasteiger partial charge in [0.1, 0.15) is 0 Å². The van der Waals surface area contributed by atoms with Crippen molar-refractivity contribution < 1.29 is 0 Å². The van der Waals surface area contributed by atoms with E-state index in [2.05, 4.69) is 73.7 Å². The van der Waals surface area contributed by atoms with Crippen molar-refractivity contribution in [3.8, 4) is 5.69 Å². The van der Waals surface area contributed by atoms with Gasteiger partial charge < -0.3 is 14.8 Å². The third-order valence-corrected chi connectivity index (χ3v) is 7.42. The van der Waals surface area contributed by atoms with Crippen LogP contribution in [0.3, 0.4) is 0 Å². The van der Waals surface area contributed by atoms with Crippen molar-refractivity contribution in [2.24, 2.45) is 0 Å². The molecule has 0 unspecified atom stereocenters. The third kappa shape index (κ3) is 4.13. The molecule has 0 saturated carbocycles. The monoisotopic (exact) mass is 500 g/mol. The number of benzene rings is 2. The number of nitrogens with one attached hydrogen (secondary N) is 1. The second-order valence-electron chi connectivity index (χ2n) is 9.38. The van der Waals surface area contributed by atoms with Gasteiger partial charge in [0.2, 0.25) is 0 Å². The van der Waals surface area contributed by atoms with E-state index < -0.39 is 0 Å². The van der Waals surface area contributed by atoms with Crippen LogP contribution in [0.2, 0.25) is 5.02 Å². The predicted octanol–water partition coefficient (Wildman–Crippen LogP) is 7.24. The maximum atomic E-state index is 6.21. The first-order valence-electron chi connectivity index (χ1n) is 11.8. The molecule has 0 spiro atoms. The highest BCUT2D eigenvalue weighted by Crippen LogP contribution is 2.44. The van der Waals surface area contributed by atoms with Crippen LogP contribution in [0.25, 0.3) is 5.69 Å². The Kier molecular flexibility index (Phi) is 6.16. The molecule has 1 saturated heterocycles. The summed E-state index contributed by atoms with van der Waals surface area (Å²) in [6, 6.07) is 20.6. The van der Waals surface area contributed by atoms with Crippen molar-refractivity contribution in [1.82, 2.24) is 14.9 Å². The number of rotatable bonds is 4. The van der Waals surface area contributed by atoms with E-state index in [0.717, 1.165) is 11.4 Å². The fourth-order valence-corrected chi connectivity index (χ4v) is 5.98. The molecular formula is C29H29ClN4S. The lowest BCUT2D eigenvalue weighted by atomic mass is 9.96. The lowest BCUT2D eigenvalue weighted by Crippen LogP contribution is -2.29. The smallest absolute Gasteiger partial charge is 0.174 e. The Morgan fingerprint density at radius 2 is 1.60 bits per heavy atom. The van der Waals surface area contributed by atoms with Gasteiger partial charge in [-0.1, -0.05) is 35.4 Å². The van der Waals surface area contributed by atoms with E-state index >= 15 is 0 Å². The fourth-order valence-electron chi connectivity index (χ4n) is 5.51. The number of aromatic nitrogens is 2. The molecule has 2 aromatic heterocycles. The molecule has 1 aliphatic rings. The Morgan fingerprint density at radius 1 is 0.914 bits per heavy atom. The summed E-state index contributed by atoms with van der Waals surface area (Å²) < 4.78 is 2.39. The van der Waals surface area contributed by atoms with E-state index in [0.29, 0.717) is 10.1 Å². The van der Waals surface area contributed by atoms with Gasteiger partial charge in [-0.2, -0.15) is 0 Å². The van der Waals surface area contributed by atoms with Crippen molar-refractivity contribution in [3.63, 3.8) is 0 Å². The molecule has 3 heterocycles. The van der Waals surface area contributed by atoms with Crippen LogP contribution in [-0.2, 0) is 0 Å². The van der Waals surface area contributed by atoms with Crippen molar-refractivity contribution in [2.45, 2.75) is 46.7 Å². The summed E-state index contributed by atoms with van der Waals surface area (Å²) >= 11 is 12.1. The number of aryl methyl sites for hydroxylation is 4. The average molecular weight is 501 g/mol. The molecule has 4 nitrogen and oxygen atoms in total. The highest BCUT2D eigenvalue weighted by atomic mass is 35.5. The van der Waals surface area contributed by atoms with Crippen LogP contribution in [0.15, 0.2) is 66.9 Å². The maximum absolute atomic E-state index is 6.21. The Morgan fingerprint density at radius 3 is 2.23 bits per heavy atom. The molecule has 4 aromatic rings. The van der Waals surface area contributed by atoms with Crippen LogP contribution in [0.5, 0.6) is 0 Å². The minimum Gasteiger partial charge on any atom is -0.351 e. The number of thiocarbonyl (C=S) groups is 1. The zero-order valence-electron chi connectivity index (χ0n) is 20.6. The van der Waals surface area contributed by atoms with Gasteiger partial charge in [0.05, 0.1) is 23.5 Å². The Bertz CT molecular complexity index is 1390. The van der Waals surface area contributed by atoms with Gasteiger partial charge in [0.15, 0.2) is 5.11 Å². The highest BCUT2D eigenvalue weighted by Gasteiger charge is 2.42. The molecule has 35 heavy (non-hydrogen) atoms. The molecule has 1 N–H and O–H groups in total. The summed E-state index contributed by atoms with van der Waals surface area (Å²) in [6.45, 7) is 10.9. The van der Waals surface area contributed by atoms with Gasteiger partial charge in [0.25, 0.3) is 0 Å². The standard InChI is InChI=1S/C29H29ClN4S/c1-17-14-18(2)27(19(3)15-17)33-20(4)16-24(21(33)5)28-26(25-8-6-7-13-31-25)32-29(35)34(28)23-11-9-22(30)10-12-23/h6-16,26,28H,1-5H3,(H,32,35)/t26-,28-/m0/s1. The molecule has 178 valence electrons. The zero-order valence-corrected chi connectivity index (χ0v) is 22.2. The van der Waals surface area contributed by atoms with Crippen LogP contribution in [0, 0.1) is 34.6 Å². The molecule has 0 radical (unpaired) electrons. The number of halogens is 1. The predicted molar refractivity (Wildman–Crippen MR) is 149 cm³/mol. The number of hydrogen-bond acceptors (Lipinski definition) is 2. The largest absolute Gasteiger partial charge is 0.351 e. The highest BCUT2D eigenvalue weighted by molar-refractivity contribution is 7.80. The normalized spacial score (nSPS) is 17.7. The topological polar surface area (TPSA) is 33.1 Å². The fraction of sp³-hybridized carbons (Fsp3) is 0.241. The Balaban J connectivity index is 1.71. The van der Waals surface area contributed by atoms with Gasteiger partial charge in [-0.3, -0.25) is 4.98 Å². The second-order valence-corrected chi connectivity index (χ2v) is 10.2. The lowest BCUT2D eigenvalue weighted by Gasteiger charge is -2.28. The van der Waals surface area contributed by atoms with Gasteiger partial charge >= 0.3 is 0 Å². The molecule has 6 heteroatoms. The maximum Gasteiger partial charge on any atom is 0.174 e. The van der Waals surface area contributed by atoms with E-state index in [1.165, 1.54) is 39.3 Å². The summed E-state index contributed by atoms with van der Waals surface area (Å²) in [5, 5.41) is 4.94. The Labute approximate surface area is 217 Å². The number of hydrogen-bond donors (Lipinski definition) is 1. The summed E-state index contributed by atoms with van der Waals surface area (Å²) in [7, 11) is 0. The van der Waals surface area contributed by atoms with Crippen LogP contribution >= 0.6 is 23.8 Å². The summed E-state index contributed by atoms with van der Waals surface area (Å²) in [5.41, 5.74) is 10.7. The number of anilines is 1. The summed E-state index contributed by atoms with van der Waals surface area (Å²) in [5.74, 6) is 0. The molecule has 1 fully saturated rings. The van der Waals surface area contributed by atoms with Crippen LogP contribution in [0.1, 0.15) is 51.4 Å². The van der Waals surface area contributed by atoms with Crippen molar-refractivity contribution in [2.75, 3.05) is 4.90 Å². The van der Waals surface area contributed by atoms with Gasteiger partial charge in [-0.25, -0.2) is 0 Å². The zero-order chi connectivity index (χ0) is 24.9. The molecule has 1 aliphatic heterocycles. The van der Waals surface area contributed by atoms with Crippen LogP contribution in [0.4, 0.5) is 5.69 Å². The van der Waals surface area contributed by atoms with Crippen LogP contribution in [-0.4, -0.2) is 14.7 Å². The van der Waals surface area contributed by atoms with Crippen molar-refractivity contribution >= 4 is 34.6 Å². The van der Waals surface area contributed by atoms with Crippen LogP contribution < -0.4 is 10.2 Å². The van der Waals surface area contributed by atoms with Gasteiger partial charge in [-0.15, -0.1) is 0 Å². The lowest BCUT2D eigenvalue weighted by molar-refractivity contribution is 0.565. The quantitative estimate of drug-likeness (QED) is 0.299. The van der Waals surface area contributed by atoms with Crippen molar-refractivity contribution in [1.29, 1.82) is 0 Å². The molecule has 2 atom stereocenters. The van der Waals surface area contributed by atoms with E-state index in [-0.39, 0.29) is 12.1 Å². The molecule has 0 bridgehead atoms. The van der Waals surface area contributed by atoms with E-state index in [1.807, 2.05) is 42.6 Å². The summed E-state index contributed by atoms with van der Waals surface area (Å²) in [6.07, 6.45) is 1.84. The number of pyridine rings is 1. The van der Waals surface area contributed by atoms with E-state index in [4.69, 9.17) is 28.8 Å². The SMILES string of the molecule is Cc1cc(C)c(-n2c(C)cc([C@H]3[C@H](c4ccccn4)NC(=S)N3c3ccc(Cl)cc3)c2C)c(C)c1. The molecule has 2 aromatic carbocycles. The molecule has 0 aliphatic carbocycles. The molecule has 5 rings (SSSR count). The minimum atomic E-state index is -0.0893. The van der Waals surface area contributed by atoms with E-state index in [9.17, 15) is 0 Å². The summed E-state index contributed by atoms with van der Waals surface area (Å²) in [4.78, 5) is 6.89. The van der Waals surface area contributed by atoms with Gasteiger partial charge in [0, 0.05) is 28.3 Å². The third-order valence-electron chi connectivity index (χ3n) is 6.85. The first-order valence-corrected chi connectivity index (χ1v) is 12.6. The molecular weight excluding hydrogens is 472 g/mol. The number of nitrogens with zero attached hydrogens (tertiary/aromatic N) is 3. The minimum absolute atomic E-state index is 0.0652. The second kappa shape index (κ2) is 9.14. The Hall–Kier alpha value is -3.15. The first kappa shape index (κ1) is 23.6. The first-order chi connectivity index (χ1) is 16.8. The van der Waals surface area contributed by atoms with Gasteiger partial charge in [-0.05, 0) is 106 Å². The molecule has 0 amide bonds. The average Bonchev–Trinajstić information content (AvgIpc) is 3.30.